The van der Waals surface area contributed by atoms with Gasteiger partial charge in [-0.1, -0.05) is 6.07 Å². The molecule has 3 aromatic rings. The third-order valence-corrected chi connectivity index (χ3v) is 8.10. The second kappa shape index (κ2) is 9.61. The van der Waals surface area contributed by atoms with E-state index < -0.39 is 29.2 Å². The van der Waals surface area contributed by atoms with Gasteiger partial charge in [0.15, 0.2) is 0 Å². The molecule has 2 aliphatic heterocycles. The fourth-order valence-electron chi connectivity index (χ4n) is 5.85. The van der Waals surface area contributed by atoms with E-state index in [1.807, 2.05) is 0 Å². The molecular formula is C28H27F4N5O3. The number of hydrogen-bond acceptors (Lipinski definition) is 5. The third kappa shape index (κ3) is 4.70. The Labute approximate surface area is 226 Å². The van der Waals surface area contributed by atoms with Crippen LogP contribution in [0.2, 0.25) is 0 Å². The number of aromatic nitrogens is 1. The van der Waals surface area contributed by atoms with Crippen LogP contribution in [0.5, 0.6) is 0 Å². The predicted octanol–water partition coefficient (Wildman–Crippen LogP) is 3.43. The molecular weight excluding hydrogens is 530 g/mol. The lowest BCUT2D eigenvalue weighted by Crippen LogP contribution is -2.47. The van der Waals surface area contributed by atoms with Crippen LogP contribution in [0, 0.1) is 5.82 Å². The largest absolute Gasteiger partial charge is 0.416 e. The molecule has 0 spiro atoms. The maximum atomic E-state index is 14.9. The first-order valence-electron chi connectivity index (χ1n) is 13.2. The van der Waals surface area contributed by atoms with E-state index in [0.717, 1.165) is 24.6 Å². The monoisotopic (exact) mass is 557 g/mol. The lowest BCUT2D eigenvalue weighted by atomic mass is 9.91. The molecule has 1 aromatic heterocycles. The molecule has 3 heterocycles. The molecule has 3 atom stereocenters. The van der Waals surface area contributed by atoms with Gasteiger partial charge in [-0.15, -0.1) is 0 Å². The number of piperazine rings is 1. The Morgan fingerprint density at radius 2 is 1.90 bits per heavy atom. The van der Waals surface area contributed by atoms with E-state index in [4.69, 9.17) is 0 Å². The van der Waals surface area contributed by atoms with Crippen molar-refractivity contribution >= 4 is 28.3 Å². The summed E-state index contributed by atoms with van der Waals surface area (Å²) in [5.41, 5.74) is -0.00173. The van der Waals surface area contributed by atoms with Crippen molar-refractivity contribution in [2.45, 2.75) is 44.1 Å². The van der Waals surface area contributed by atoms with E-state index in [1.54, 1.807) is 16.7 Å². The highest BCUT2D eigenvalue weighted by atomic mass is 19.4. The zero-order chi connectivity index (χ0) is 28.3. The molecule has 210 valence electrons. The number of fused-ring (bicyclic) bond motifs is 3. The Balaban J connectivity index is 1.18. The Bertz CT molecular complexity index is 1590. The zero-order valence-corrected chi connectivity index (χ0v) is 21.6. The van der Waals surface area contributed by atoms with Crippen LogP contribution in [0.3, 0.4) is 0 Å². The van der Waals surface area contributed by atoms with Gasteiger partial charge in [-0.3, -0.25) is 14.4 Å². The van der Waals surface area contributed by atoms with Gasteiger partial charge in [-0.05, 0) is 66.6 Å². The van der Waals surface area contributed by atoms with E-state index in [-0.39, 0.29) is 60.2 Å². The van der Waals surface area contributed by atoms with Gasteiger partial charge >= 0.3 is 6.18 Å². The molecule has 8 nitrogen and oxygen atoms in total. The molecule has 12 heteroatoms. The molecule has 2 amide bonds. The first-order valence-corrected chi connectivity index (χ1v) is 13.2. The van der Waals surface area contributed by atoms with Crippen LogP contribution in [-0.2, 0) is 17.4 Å². The van der Waals surface area contributed by atoms with Crippen molar-refractivity contribution in [3.05, 3.63) is 75.0 Å². The van der Waals surface area contributed by atoms with Crippen LogP contribution in [0.15, 0.2) is 41.2 Å². The standard InChI is InChI=1S/C28H27F4N5O3/c1-14-18-3-2-17(28(30,31)32)8-15(18)4-6-36(14)25(38)13-34-21-9-16-10-23(35-26(39)19(16)11-20(21)29)27(40)37-7-5-33-22-12-24(22)37/h2-3,8-11,14,22,24,33-34H,4-7,12-13H2,1H3,(H,35,39)/t14-,22?,24?/m0/s1. The maximum absolute atomic E-state index is 14.9. The number of amides is 2. The Kier molecular flexibility index (Phi) is 6.32. The molecule has 2 fully saturated rings. The summed E-state index contributed by atoms with van der Waals surface area (Å²) >= 11 is 0. The van der Waals surface area contributed by atoms with Crippen LogP contribution in [0.25, 0.3) is 10.8 Å². The van der Waals surface area contributed by atoms with Crippen LogP contribution in [0.4, 0.5) is 23.2 Å². The van der Waals surface area contributed by atoms with Crippen molar-refractivity contribution in [3.8, 4) is 0 Å². The van der Waals surface area contributed by atoms with Gasteiger partial charge in [-0.25, -0.2) is 4.39 Å². The van der Waals surface area contributed by atoms with E-state index in [9.17, 15) is 31.9 Å². The van der Waals surface area contributed by atoms with Crippen molar-refractivity contribution in [1.82, 2.24) is 20.1 Å². The second-order valence-electron chi connectivity index (χ2n) is 10.6. The minimum Gasteiger partial charge on any atom is -0.374 e. The minimum absolute atomic E-state index is 0.00541. The molecule has 40 heavy (non-hydrogen) atoms. The Morgan fingerprint density at radius 3 is 2.67 bits per heavy atom. The highest BCUT2D eigenvalue weighted by Gasteiger charge is 2.46. The number of rotatable bonds is 4. The highest BCUT2D eigenvalue weighted by Crippen LogP contribution is 2.36. The minimum atomic E-state index is -4.44. The van der Waals surface area contributed by atoms with E-state index >= 15 is 0 Å². The van der Waals surface area contributed by atoms with Crippen LogP contribution >= 0.6 is 0 Å². The molecule has 0 radical (unpaired) electrons. The number of pyridine rings is 1. The summed E-state index contributed by atoms with van der Waals surface area (Å²) in [6.45, 7) is 2.91. The first kappa shape index (κ1) is 26.3. The summed E-state index contributed by atoms with van der Waals surface area (Å²) in [6.07, 6.45) is -3.30. The van der Waals surface area contributed by atoms with Gasteiger partial charge in [0, 0.05) is 31.7 Å². The third-order valence-electron chi connectivity index (χ3n) is 8.10. The quantitative estimate of drug-likeness (QED) is 0.428. The summed E-state index contributed by atoms with van der Waals surface area (Å²) in [6, 6.07) is 7.45. The Hall–Kier alpha value is -3.93. The summed E-state index contributed by atoms with van der Waals surface area (Å²) in [7, 11) is 0. The van der Waals surface area contributed by atoms with Crippen molar-refractivity contribution in [2.24, 2.45) is 0 Å². The van der Waals surface area contributed by atoms with Gasteiger partial charge in [0.25, 0.3) is 11.5 Å². The SMILES string of the molecule is C[C@H]1c2ccc(C(F)(F)F)cc2CCN1C(=O)CNc1cc2cc(C(=O)N3CCNC4CC43)[nH]c(=O)c2cc1F. The van der Waals surface area contributed by atoms with Crippen molar-refractivity contribution in [1.29, 1.82) is 0 Å². The lowest BCUT2D eigenvalue weighted by Gasteiger charge is -2.35. The fraction of sp³-hybridized carbons (Fsp3) is 0.393. The summed E-state index contributed by atoms with van der Waals surface area (Å²) in [5, 5.41) is 6.54. The van der Waals surface area contributed by atoms with E-state index in [2.05, 4.69) is 15.6 Å². The molecule has 1 saturated heterocycles. The van der Waals surface area contributed by atoms with Crippen molar-refractivity contribution < 1.29 is 27.2 Å². The molecule has 0 bridgehead atoms. The van der Waals surface area contributed by atoms with Gasteiger partial charge in [0.05, 0.1) is 29.2 Å². The molecule has 2 unspecified atom stereocenters. The maximum Gasteiger partial charge on any atom is 0.416 e. The zero-order valence-electron chi connectivity index (χ0n) is 21.6. The summed E-state index contributed by atoms with van der Waals surface area (Å²) in [4.78, 5) is 44.7. The van der Waals surface area contributed by atoms with Gasteiger partial charge < -0.3 is 25.4 Å². The van der Waals surface area contributed by atoms with Crippen LogP contribution < -0.4 is 16.2 Å². The van der Waals surface area contributed by atoms with E-state index in [1.165, 1.54) is 18.2 Å². The fourth-order valence-corrected chi connectivity index (χ4v) is 5.85. The molecule has 3 N–H and O–H groups in total. The molecule has 1 aliphatic carbocycles. The molecule has 2 aromatic carbocycles. The Morgan fingerprint density at radius 1 is 1.10 bits per heavy atom. The smallest absolute Gasteiger partial charge is 0.374 e. The molecule has 1 saturated carbocycles. The topological polar surface area (TPSA) is 97.5 Å². The number of nitrogens with one attached hydrogen (secondary N) is 3. The summed E-state index contributed by atoms with van der Waals surface area (Å²) in [5.74, 6) is -1.37. The average Bonchev–Trinajstić information content (AvgIpc) is 3.71. The normalized spacial score (nSPS) is 22.1. The second-order valence-corrected chi connectivity index (χ2v) is 10.6. The number of aromatic amines is 1. The highest BCUT2D eigenvalue weighted by molar-refractivity contribution is 5.97. The van der Waals surface area contributed by atoms with Crippen molar-refractivity contribution in [3.63, 3.8) is 0 Å². The summed E-state index contributed by atoms with van der Waals surface area (Å²) < 4.78 is 54.2. The number of hydrogen-bond donors (Lipinski definition) is 3. The van der Waals surface area contributed by atoms with Crippen molar-refractivity contribution in [2.75, 3.05) is 31.5 Å². The number of carbonyl (C=O) groups is 2. The van der Waals surface area contributed by atoms with Gasteiger partial charge in [0.2, 0.25) is 5.91 Å². The number of nitrogens with zero attached hydrogens (tertiary/aromatic N) is 2. The molecule has 3 aliphatic rings. The average molecular weight is 558 g/mol. The number of halogens is 4. The lowest BCUT2D eigenvalue weighted by molar-refractivity contribution is -0.138. The van der Waals surface area contributed by atoms with Crippen LogP contribution in [-0.4, -0.2) is 64.9 Å². The number of alkyl halides is 3. The predicted molar refractivity (Wildman–Crippen MR) is 140 cm³/mol. The van der Waals surface area contributed by atoms with Gasteiger partial charge in [-0.2, -0.15) is 13.2 Å². The number of H-pyrrole nitrogens is 1. The number of benzene rings is 2. The first-order chi connectivity index (χ1) is 19.0. The van der Waals surface area contributed by atoms with Gasteiger partial charge in [0.1, 0.15) is 11.5 Å². The van der Waals surface area contributed by atoms with Crippen LogP contribution in [0.1, 0.15) is 46.6 Å². The molecule has 6 rings (SSSR count). The number of anilines is 1. The number of carbonyl (C=O) groups excluding carboxylic acids is 2. The van der Waals surface area contributed by atoms with E-state index in [0.29, 0.717) is 29.6 Å².